The first-order valence-electron chi connectivity index (χ1n) is 6.96. The molecule has 0 aliphatic carbocycles. The van der Waals surface area contributed by atoms with Gasteiger partial charge in [0.15, 0.2) is 5.84 Å². The summed E-state index contributed by atoms with van der Waals surface area (Å²) < 4.78 is 5.61. The monoisotopic (exact) mass is 279 g/mol. The fourth-order valence-corrected chi connectivity index (χ4v) is 1.59. The second-order valence-corrected chi connectivity index (χ2v) is 5.28. The van der Waals surface area contributed by atoms with Crippen molar-refractivity contribution in [3.05, 3.63) is 29.8 Å². The lowest BCUT2D eigenvalue weighted by molar-refractivity contribution is 0.302. The molecule has 1 rings (SSSR count). The number of nitrogens with zero attached hydrogens (tertiary/aromatic N) is 1. The predicted octanol–water partition coefficient (Wildman–Crippen LogP) is 2.04. The minimum atomic E-state index is 0.0980. The molecule has 0 bridgehead atoms. The summed E-state index contributed by atoms with van der Waals surface area (Å²) in [6.07, 6.45) is 0. The summed E-state index contributed by atoms with van der Waals surface area (Å²) in [6.45, 7) is 9.14. The number of hydrogen-bond donors (Lipinski definition) is 3. The molecule has 112 valence electrons. The molecule has 0 amide bonds. The van der Waals surface area contributed by atoms with Crippen molar-refractivity contribution in [2.75, 3.05) is 19.7 Å². The lowest BCUT2D eigenvalue weighted by Crippen LogP contribution is -2.28. The van der Waals surface area contributed by atoms with E-state index >= 15 is 0 Å². The minimum absolute atomic E-state index is 0.0980. The van der Waals surface area contributed by atoms with Gasteiger partial charge >= 0.3 is 0 Å². The van der Waals surface area contributed by atoms with Crippen LogP contribution in [0.25, 0.3) is 0 Å². The van der Waals surface area contributed by atoms with Crippen molar-refractivity contribution in [1.29, 1.82) is 0 Å². The number of nitrogens with one attached hydrogen (secondary N) is 1. The molecular weight excluding hydrogens is 254 g/mol. The third-order valence-electron chi connectivity index (χ3n) is 3.41. The Morgan fingerprint density at radius 3 is 2.50 bits per heavy atom. The van der Waals surface area contributed by atoms with E-state index in [1.54, 1.807) is 12.1 Å². The number of oxime groups is 1. The first kappa shape index (κ1) is 16.3. The molecule has 20 heavy (non-hydrogen) atoms. The average Bonchev–Trinajstić information content (AvgIpc) is 2.46. The molecule has 0 aromatic heterocycles. The van der Waals surface area contributed by atoms with Crippen LogP contribution in [0.3, 0.4) is 0 Å². The van der Waals surface area contributed by atoms with Gasteiger partial charge in [0.25, 0.3) is 0 Å². The van der Waals surface area contributed by atoms with Crippen molar-refractivity contribution in [2.24, 2.45) is 22.7 Å². The number of ether oxygens (including phenoxy) is 1. The molecule has 0 heterocycles. The molecule has 0 saturated carbocycles. The van der Waals surface area contributed by atoms with E-state index in [-0.39, 0.29) is 5.84 Å². The summed E-state index contributed by atoms with van der Waals surface area (Å²) >= 11 is 0. The Morgan fingerprint density at radius 1 is 1.30 bits per heavy atom. The van der Waals surface area contributed by atoms with E-state index in [0.29, 0.717) is 24.0 Å². The number of nitrogens with two attached hydrogens (primary N) is 1. The van der Waals surface area contributed by atoms with Gasteiger partial charge in [0, 0.05) is 12.1 Å². The van der Waals surface area contributed by atoms with Gasteiger partial charge in [-0.15, -0.1) is 0 Å². The Kier molecular flexibility index (Phi) is 6.87. The highest BCUT2D eigenvalue weighted by Crippen LogP contribution is 2.12. The van der Waals surface area contributed by atoms with Crippen molar-refractivity contribution in [3.8, 4) is 5.75 Å². The summed E-state index contributed by atoms with van der Waals surface area (Å²) in [4.78, 5) is 0. The van der Waals surface area contributed by atoms with Crippen LogP contribution in [-0.2, 0) is 0 Å². The zero-order chi connectivity index (χ0) is 15.0. The molecule has 1 atom stereocenters. The van der Waals surface area contributed by atoms with E-state index in [9.17, 15) is 0 Å². The number of benzene rings is 1. The van der Waals surface area contributed by atoms with Gasteiger partial charge in [0.1, 0.15) is 12.4 Å². The van der Waals surface area contributed by atoms with E-state index in [0.717, 1.165) is 18.8 Å². The van der Waals surface area contributed by atoms with Gasteiger partial charge in [-0.1, -0.05) is 25.9 Å². The molecule has 1 unspecified atom stereocenters. The molecule has 1 aromatic rings. The summed E-state index contributed by atoms with van der Waals surface area (Å²) in [7, 11) is 0. The second-order valence-electron chi connectivity index (χ2n) is 5.28. The maximum Gasteiger partial charge on any atom is 0.170 e. The highest BCUT2D eigenvalue weighted by Gasteiger charge is 2.05. The van der Waals surface area contributed by atoms with Crippen LogP contribution in [-0.4, -0.2) is 30.7 Å². The smallest absolute Gasteiger partial charge is 0.170 e. The largest absolute Gasteiger partial charge is 0.492 e. The van der Waals surface area contributed by atoms with E-state index in [4.69, 9.17) is 15.7 Å². The Balaban J connectivity index is 2.26. The van der Waals surface area contributed by atoms with E-state index in [1.807, 2.05) is 12.1 Å². The van der Waals surface area contributed by atoms with Gasteiger partial charge < -0.3 is 21.0 Å². The van der Waals surface area contributed by atoms with Gasteiger partial charge in [-0.05, 0) is 42.6 Å². The molecule has 0 fully saturated rings. The van der Waals surface area contributed by atoms with Crippen LogP contribution in [0.2, 0.25) is 0 Å². The summed E-state index contributed by atoms with van der Waals surface area (Å²) in [5.74, 6) is 2.23. The van der Waals surface area contributed by atoms with Crippen molar-refractivity contribution in [2.45, 2.75) is 20.8 Å². The third-order valence-corrected chi connectivity index (χ3v) is 3.41. The minimum Gasteiger partial charge on any atom is -0.492 e. The molecule has 0 spiro atoms. The second kappa shape index (κ2) is 8.43. The van der Waals surface area contributed by atoms with Crippen LogP contribution >= 0.6 is 0 Å². The lowest BCUT2D eigenvalue weighted by Gasteiger charge is -2.16. The molecule has 5 nitrogen and oxygen atoms in total. The molecule has 4 N–H and O–H groups in total. The summed E-state index contributed by atoms with van der Waals surface area (Å²) in [6, 6.07) is 7.14. The van der Waals surface area contributed by atoms with Crippen molar-refractivity contribution >= 4 is 5.84 Å². The fourth-order valence-electron chi connectivity index (χ4n) is 1.59. The Morgan fingerprint density at radius 2 is 1.95 bits per heavy atom. The quantitative estimate of drug-likeness (QED) is 0.224. The summed E-state index contributed by atoms with van der Waals surface area (Å²) in [5, 5.41) is 14.9. The van der Waals surface area contributed by atoms with Crippen LogP contribution < -0.4 is 15.8 Å². The van der Waals surface area contributed by atoms with Crippen LogP contribution in [0.5, 0.6) is 5.75 Å². The first-order valence-corrected chi connectivity index (χ1v) is 6.96. The van der Waals surface area contributed by atoms with Gasteiger partial charge in [-0.3, -0.25) is 0 Å². The zero-order valence-electron chi connectivity index (χ0n) is 12.5. The van der Waals surface area contributed by atoms with E-state index < -0.39 is 0 Å². The predicted molar refractivity (Wildman–Crippen MR) is 81.3 cm³/mol. The van der Waals surface area contributed by atoms with Crippen molar-refractivity contribution in [3.63, 3.8) is 0 Å². The fraction of sp³-hybridized carbons (Fsp3) is 0.533. The van der Waals surface area contributed by atoms with Gasteiger partial charge in [0.05, 0.1) is 0 Å². The molecular formula is C15H25N3O2. The van der Waals surface area contributed by atoms with Gasteiger partial charge in [0.2, 0.25) is 0 Å². The number of hydrogen-bond acceptors (Lipinski definition) is 4. The molecule has 0 aliphatic heterocycles. The third kappa shape index (κ3) is 5.48. The highest BCUT2D eigenvalue weighted by molar-refractivity contribution is 5.97. The van der Waals surface area contributed by atoms with Gasteiger partial charge in [-0.2, -0.15) is 0 Å². The lowest BCUT2D eigenvalue weighted by atomic mass is 9.98. The maximum absolute atomic E-state index is 8.57. The Labute approximate surface area is 120 Å². The Hall–Kier alpha value is -1.75. The first-order chi connectivity index (χ1) is 9.54. The SMILES string of the molecule is CC(C)C(C)CNCCOc1ccc(C(N)=NO)cc1. The molecule has 0 aliphatic rings. The van der Waals surface area contributed by atoms with Crippen molar-refractivity contribution in [1.82, 2.24) is 5.32 Å². The van der Waals surface area contributed by atoms with E-state index in [2.05, 4.69) is 31.2 Å². The molecule has 5 heteroatoms. The topological polar surface area (TPSA) is 79.9 Å². The van der Waals surface area contributed by atoms with Crippen molar-refractivity contribution < 1.29 is 9.94 Å². The van der Waals surface area contributed by atoms with Crippen LogP contribution in [0.4, 0.5) is 0 Å². The number of amidine groups is 1. The zero-order valence-corrected chi connectivity index (χ0v) is 12.5. The standard InChI is InChI=1S/C15H25N3O2/c1-11(2)12(3)10-17-8-9-20-14-6-4-13(5-7-14)15(16)18-19/h4-7,11-12,17,19H,8-10H2,1-3H3,(H2,16,18). The highest BCUT2D eigenvalue weighted by atomic mass is 16.5. The van der Waals surface area contributed by atoms with Gasteiger partial charge in [-0.25, -0.2) is 0 Å². The average molecular weight is 279 g/mol. The maximum atomic E-state index is 8.57. The molecule has 0 radical (unpaired) electrons. The van der Waals surface area contributed by atoms with Crippen LogP contribution in [0.15, 0.2) is 29.4 Å². The number of rotatable bonds is 8. The summed E-state index contributed by atoms with van der Waals surface area (Å²) in [5.41, 5.74) is 6.16. The molecule has 1 aromatic carbocycles. The van der Waals surface area contributed by atoms with Crippen LogP contribution in [0.1, 0.15) is 26.3 Å². The normalized spacial score (nSPS) is 13.5. The Bertz CT molecular complexity index is 416. The van der Waals surface area contributed by atoms with E-state index in [1.165, 1.54) is 0 Å². The molecule has 0 saturated heterocycles. The van der Waals surface area contributed by atoms with Crippen LogP contribution in [0, 0.1) is 11.8 Å².